The Morgan fingerprint density at radius 3 is 2.53 bits per heavy atom. The van der Waals surface area contributed by atoms with E-state index in [0.717, 1.165) is 4.90 Å². The average Bonchev–Trinajstić information content (AvgIpc) is 2.27. The first-order chi connectivity index (χ1) is 8.83. The first kappa shape index (κ1) is 15.5. The van der Waals surface area contributed by atoms with Crippen molar-refractivity contribution in [2.75, 3.05) is 26.7 Å². The predicted octanol–water partition coefficient (Wildman–Crippen LogP) is 2.76. The molecule has 3 nitrogen and oxygen atoms in total. The maximum Gasteiger partial charge on any atom is 0.401 e. The molecule has 1 aromatic carbocycles. The smallest absolute Gasteiger partial charge is 0.401 e. The van der Waals surface area contributed by atoms with Gasteiger partial charge < -0.3 is 4.74 Å². The molecule has 0 heterocycles. The number of nitrogens with zero attached hydrogens (tertiary/aromatic N) is 1. The number of para-hydroxylation sites is 1. The van der Waals surface area contributed by atoms with Crippen molar-refractivity contribution < 1.29 is 22.7 Å². The van der Waals surface area contributed by atoms with Crippen molar-refractivity contribution >= 4 is 5.78 Å². The molecule has 19 heavy (non-hydrogen) atoms. The van der Waals surface area contributed by atoms with E-state index in [9.17, 15) is 18.0 Å². The van der Waals surface area contributed by atoms with Crippen LogP contribution in [-0.4, -0.2) is 43.6 Å². The van der Waals surface area contributed by atoms with Crippen LogP contribution in [0.4, 0.5) is 13.2 Å². The van der Waals surface area contributed by atoms with Gasteiger partial charge in [-0.3, -0.25) is 9.69 Å². The van der Waals surface area contributed by atoms with Crippen LogP contribution in [0.3, 0.4) is 0 Å². The molecular formula is C13H16F3NO2. The van der Waals surface area contributed by atoms with E-state index in [4.69, 9.17) is 4.74 Å². The Morgan fingerprint density at radius 2 is 1.95 bits per heavy atom. The van der Waals surface area contributed by atoms with Crippen LogP contribution in [0.25, 0.3) is 0 Å². The van der Waals surface area contributed by atoms with Crippen molar-refractivity contribution in [3.8, 4) is 5.75 Å². The van der Waals surface area contributed by atoms with E-state index in [0.29, 0.717) is 17.9 Å². The lowest BCUT2D eigenvalue weighted by molar-refractivity contribution is -0.141. The number of hydrogen-bond acceptors (Lipinski definition) is 3. The van der Waals surface area contributed by atoms with E-state index < -0.39 is 18.5 Å². The molecule has 0 spiro atoms. The third kappa shape index (κ3) is 5.30. The number of likely N-dealkylation sites (N-methyl/N-ethyl adjacent to an activating group) is 1. The molecule has 0 radical (unpaired) electrons. The van der Waals surface area contributed by atoms with E-state index in [1.54, 1.807) is 31.2 Å². The van der Waals surface area contributed by atoms with Gasteiger partial charge in [-0.15, -0.1) is 0 Å². The quantitative estimate of drug-likeness (QED) is 0.748. The van der Waals surface area contributed by atoms with Gasteiger partial charge in [-0.2, -0.15) is 13.2 Å². The molecule has 0 amide bonds. The number of carbonyl (C=O) groups is 1. The number of halogens is 3. The van der Waals surface area contributed by atoms with Crippen molar-refractivity contribution in [2.24, 2.45) is 0 Å². The Kier molecular flexibility index (Phi) is 5.35. The Morgan fingerprint density at radius 1 is 1.32 bits per heavy atom. The fraction of sp³-hybridized carbons (Fsp3) is 0.462. The van der Waals surface area contributed by atoms with Crippen molar-refractivity contribution in [2.45, 2.75) is 13.1 Å². The Labute approximate surface area is 110 Å². The minimum Gasteiger partial charge on any atom is -0.493 e. The van der Waals surface area contributed by atoms with Gasteiger partial charge in [-0.25, -0.2) is 0 Å². The van der Waals surface area contributed by atoms with Crippen molar-refractivity contribution in [1.82, 2.24) is 4.90 Å². The topological polar surface area (TPSA) is 29.5 Å². The highest BCUT2D eigenvalue weighted by Crippen LogP contribution is 2.20. The summed E-state index contributed by atoms with van der Waals surface area (Å²) in [6.45, 7) is 0.749. The van der Waals surface area contributed by atoms with Gasteiger partial charge in [0.1, 0.15) is 5.75 Å². The summed E-state index contributed by atoms with van der Waals surface area (Å²) in [4.78, 5) is 12.9. The lowest BCUT2D eigenvalue weighted by Crippen LogP contribution is -2.34. The summed E-state index contributed by atoms with van der Waals surface area (Å²) < 4.78 is 41.8. The first-order valence-electron chi connectivity index (χ1n) is 5.84. The molecule has 0 saturated heterocycles. The van der Waals surface area contributed by atoms with E-state index >= 15 is 0 Å². The molecule has 0 N–H and O–H groups in total. The average molecular weight is 275 g/mol. The Bertz CT molecular complexity index is 432. The fourth-order valence-electron chi connectivity index (χ4n) is 1.67. The third-order valence-electron chi connectivity index (χ3n) is 2.35. The van der Waals surface area contributed by atoms with Gasteiger partial charge in [-0.05, 0) is 26.1 Å². The second kappa shape index (κ2) is 6.56. The van der Waals surface area contributed by atoms with Crippen LogP contribution in [0.2, 0.25) is 0 Å². The summed E-state index contributed by atoms with van der Waals surface area (Å²) in [6, 6.07) is 6.54. The van der Waals surface area contributed by atoms with Gasteiger partial charge in [0, 0.05) is 0 Å². The number of alkyl halides is 3. The fourth-order valence-corrected chi connectivity index (χ4v) is 1.67. The number of benzene rings is 1. The zero-order valence-corrected chi connectivity index (χ0v) is 10.8. The highest BCUT2D eigenvalue weighted by atomic mass is 19.4. The second-order valence-electron chi connectivity index (χ2n) is 4.14. The molecule has 0 atom stereocenters. The molecular weight excluding hydrogens is 259 g/mol. The van der Waals surface area contributed by atoms with E-state index in [1.165, 1.54) is 7.05 Å². The van der Waals surface area contributed by atoms with Crippen LogP contribution in [0.1, 0.15) is 17.3 Å². The summed E-state index contributed by atoms with van der Waals surface area (Å²) >= 11 is 0. The summed E-state index contributed by atoms with van der Waals surface area (Å²) in [5.41, 5.74) is 0.304. The Hall–Kier alpha value is -1.56. The van der Waals surface area contributed by atoms with Crippen LogP contribution in [0.15, 0.2) is 24.3 Å². The number of hydrogen-bond donors (Lipinski definition) is 0. The highest BCUT2D eigenvalue weighted by Gasteiger charge is 2.30. The second-order valence-corrected chi connectivity index (χ2v) is 4.14. The number of Topliss-reactive ketones (excluding diaryl/α,β-unsaturated/α-hetero) is 1. The summed E-state index contributed by atoms with van der Waals surface area (Å²) in [5.74, 6) is 0.00575. The number of rotatable bonds is 6. The molecule has 0 saturated carbocycles. The zero-order chi connectivity index (χ0) is 14.5. The number of ether oxygens (including phenoxy) is 1. The van der Waals surface area contributed by atoms with E-state index in [1.807, 2.05) is 0 Å². The molecule has 0 aromatic heterocycles. The van der Waals surface area contributed by atoms with Crippen molar-refractivity contribution in [3.63, 3.8) is 0 Å². The van der Waals surface area contributed by atoms with Gasteiger partial charge in [0.2, 0.25) is 0 Å². The summed E-state index contributed by atoms with van der Waals surface area (Å²) in [6.07, 6.45) is -4.31. The highest BCUT2D eigenvalue weighted by molar-refractivity contribution is 6.00. The normalized spacial score (nSPS) is 11.7. The van der Waals surface area contributed by atoms with Gasteiger partial charge in [-0.1, -0.05) is 12.1 Å². The molecule has 0 unspecified atom stereocenters. The molecule has 6 heteroatoms. The largest absolute Gasteiger partial charge is 0.493 e. The molecule has 0 aliphatic carbocycles. The van der Waals surface area contributed by atoms with Crippen LogP contribution in [0, 0.1) is 0 Å². The number of ketones is 1. The monoisotopic (exact) mass is 275 g/mol. The molecule has 1 aromatic rings. The molecule has 0 aliphatic rings. The lowest BCUT2D eigenvalue weighted by atomic mass is 10.1. The SMILES string of the molecule is CCOc1ccccc1C(=O)CN(C)CC(F)(F)F. The third-order valence-corrected chi connectivity index (χ3v) is 2.35. The standard InChI is InChI=1S/C13H16F3NO2/c1-3-19-12-7-5-4-6-10(12)11(18)8-17(2)9-13(14,15)16/h4-7H,3,8-9H2,1-2H3. The zero-order valence-electron chi connectivity index (χ0n) is 10.8. The maximum atomic E-state index is 12.2. The maximum absolute atomic E-state index is 12.2. The Balaban J connectivity index is 2.73. The lowest BCUT2D eigenvalue weighted by Gasteiger charge is -2.18. The van der Waals surface area contributed by atoms with Crippen LogP contribution in [-0.2, 0) is 0 Å². The van der Waals surface area contributed by atoms with Gasteiger partial charge >= 0.3 is 6.18 Å². The molecule has 0 bridgehead atoms. The molecule has 106 valence electrons. The molecule has 0 aliphatic heterocycles. The first-order valence-corrected chi connectivity index (χ1v) is 5.84. The van der Waals surface area contributed by atoms with Crippen LogP contribution >= 0.6 is 0 Å². The molecule has 0 fully saturated rings. The molecule has 1 rings (SSSR count). The van der Waals surface area contributed by atoms with Gasteiger partial charge in [0.25, 0.3) is 0 Å². The van der Waals surface area contributed by atoms with E-state index in [2.05, 4.69) is 0 Å². The minimum atomic E-state index is -4.31. The van der Waals surface area contributed by atoms with Crippen LogP contribution in [0.5, 0.6) is 5.75 Å². The van der Waals surface area contributed by atoms with Gasteiger partial charge in [0.05, 0.1) is 25.3 Å². The van der Waals surface area contributed by atoms with Crippen LogP contribution < -0.4 is 4.74 Å². The summed E-state index contributed by atoms with van der Waals surface area (Å²) in [7, 11) is 1.26. The van der Waals surface area contributed by atoms with E-state index in [-0.39, 0.29) is 6.54 Å². The predicted molar refractivity (Wildman–Crippen MR) is 65.5 cm³/mol. The minimum absolute atomic E-state index is 0.302. The summed E-state index contributed by atoms with van der Waals surface area (Å²) in [5, 5.41) is 0. The number of carbonyl (C=O) groups excluding carboxylic acids is 1. The van der Waals surface area contributed by atoms with Gasteiger partial charge in [0.15, 0.2) is 5.78 Å². The van der Waals surface area contributed by atoms with Crippen molar-refractivity contribution in [1.29, 1.82) is 0 Å². The van der Waals surface area contributed by atoms with Crippen molar-refractivity contribution in [3.05, 3.63) is 29.8 Å².